The normalized spacial score (nSPS) is 18.2. The molecule has 0 atom stereocenters. The molecule has 1 fully saturated rings. The fraction of sp³-hybridized carbons (Fsp3) is 0.625. The van der Waals surface area contributed by atoms with Gasteiger partial charge in [-0.15, -0.1) is 0 Å². The Morgan fingerprint density at radius 1 is 1.00 bits per heavy atom. The zero-order chi connectivity index (χ0) is 15.5. The highest BCUT2D eigenvalue weighted by Gasteiger charge is 2.26. The Bertz CT molecular complexity index is 588. The fourth-order valence-corrected chi connectivity index (χ4v) is 4.69. The van der Waals surface area contributed by atoms with E-state index in [4.69, 9.17) is 0 Å². The van der Waals surface area contributed by atoms with Crippen LogP contribution in [0.5, 0.6) is 0 Å². The molecule has 1 aliphatic heterocycles. The molecule has 0 spiro atoms. The number of hydrogen-bond acceptors (Lipinski definition) is 3. The lowest BCUT2D eigenvalue weighted by molar-refractivity contribution is 0.280. The zero-order valence-electron chi connectivity index (χ0n) is 12.9. The van der Waals surface area contributed by atoms with Gasteiger partial charge in [-0.05, 0) is 49.4 Å². The Morgan fingerprint density at radius 2 is 1.57 bits per heavy atom. The predicted octanol–water partition coefficient (Wildman–Crippen LogP) is 2.75. The van der Waals surface area contributed by atoms with Crippen molar-refractivity contribution < 1.29 is 13.5 Å². The van der Waals surface area contributed by atoms with E-state index in [0.717, 1.165) is 36.8 Å². The summed E-state index contributed by atoms with van der Waals surface area (Å²) in [6, 6.07) is 3.49. The average molecular weight is 311 g/mol. The summed E-state index contributed by atoms with van der Waals surface area (Å²) < 4.78 is 27.4. The number of sulfonamides is 1. The first-order valence-electron chi connectivity index (χ1n) is 7.68. The van der Waals surface area contributed by atoms with Gasteiger partial charge in [0.1, 0.15) is 0 Å². The summed E-state index contributed by atoms with van der Waals surface area (Å²) in [7, 11) is -3.46. The van der Waals surface area contributed by atoms with Crippen LogP contribution in [-0.4, -0.2) is 30.9 Å². The largest absolute Gasteiger partial charge is 0.392 e. The second kappa shape index (κ2) is 6.90. The Labute approximate surface area is 127 Å². The molecule has 1 aromatic rings. The molecule has 21 heavy (non-hydrogen) atoms. The maximum Gasteiger partial charge on any atom is 0.243 e. The SMILES string of the molecule is Cc1cc(C)c(S(=O)(=O)N2CCCCCCC2)cc1CO. The molecule has 0 aliphatic carbocycles. The molecular weight excluding hydrogens is 286 g/mol. The van der Waals surface area contributed by atoms with Crippen LogP contribution in [0.2, 0.25) is 0 Å². The van der Waals surface area contributed by atoms with Crippen molar-refractivity contribution in [1.29, 1.82) is 0 Å². The maximum absolute atomic E-state index is 12.9. The molecular formula is C16H25NO3S. The minimum Gasteiger partial charge on any atom is -0.392 e. The van der Waals surface area contributed by atoms with Crippen molar-refractivity contribution in [3.63, 3.8) is 0 Å². The van der Waals surface area contributed by atoms with E-state index in [1.54, 1.807) is 10.4 Å². The van der Waals surface area contributed by atoms with Gasteiger partial charge in [-0.3, -0.25) is 0 Å². The predicted molar refractivity (Wildman–Crippen MR) is 83.7 cm³/mol. The number of aliphatic hydroxyl groups is 1. The standard InChI is InChI=1S/C16H25NO3S/c1-13-10-14(2)16(11-15(13)12-18)21(19,20)17-8-6-4-3-5-7-9-17/h10-11,18H,3-9,12H2,1-2H3. The molecule has 0 unspecified atom stereocenters. The first kappa shape index (κ1) is 16.5. The molecule has 1 saturated heterocycles. The first-order chi connectivity index (χ1) is 9.96. The molecule has 5 heteroatoms. The third kappa shape index (κ3) is 3.65. The van der Waals surface area contributed by atoms with Crippen LogP contribution in [0.3, 0.4) is 0 Å². The summed E-state index contributed by atoms with van der Waals surface area (Å²) in [6.07, 6.45) is 5.25. The minimum atomic E-state index is -3.46. The van der Waals surface area contributed by atoms with E-state index < -0.39 is 10.0 Å². The van der Waals surface area contributed by atoms with Crippen molar-refractivity contribution in [2.75, 3.05) is 13.1 Å². The van der Waals surface area contributed by atoms with E-state index >= 15 is 0 Å². The van der Waals surface area contributed by atoms with Crippen molar-refractivity contribution in [2.45, 2.75) is 57.5 Å². The molecule has 118 valence electrons. The van der Waals surface area contributed by atoms with Crippen LogP contribution in [0, 0.1) is 13.8 Å². The van der Waals surface area contributed by atoms with Gasteiger partial charge < -0.3 is 5.11 Å². The molecule has 0 bridgehead atoms. The summed E-state index contributed by atoms with van der Waals surface area (Å²) in [4.78, 5) is 0.345. The second-order valence-electron chi connectivity index (χ2n) is 5.87. The van der Waals surface area contributed by atoms with Crippen LogP contribution < -0.4 is 0 Å². The van der Waals surface area contributed by atoms with Crippen molar-refractivity contribution in [1.82, 2.24) is 4.31 Å². The summed E-state index contributed by atoms with van der Waals surface area (Å²) >= 11 is 0. The van der Waals surface area contributed by atoms with Crippen molar-refractivity contribution in [3.05, 3.63) is 28.8 Å². The summed E-state index contributed by atoms with van der Waals surface area (Å²) in [6.45, 7) is 4.79. The Kier molecular flexibility index (Phi) is 5.41. The van der Waals surface area contributed by atoms with Gasteiger partial charge in [0.05, 0.1) is 11.5 Å². The molecule has 2 rings (SSSR count). The lowest BCUT2D eigenvalue weighted by Gasteiger charge is -2.25. The van der Waals surface area contributed by atoms with E-state index in [1.165, 1.54) is 6.42 Å². The van der Waals surface area contributed by atoms with Crippen molar-refractivity contribution in [3.8, 4) is 0 Å². The van der Waals surface area contributed by atoms with Gasteiger partial charge >= 0.3 is 0 Å². The monoisotopic (exact) mass is 311 g/mol. The van der Waals surface area contributed by atoms with Crippen molar-refractivity contribution >= 4 is 10.0 Å². The van der Waals surface area contributed by atoms with Crippen LogP contribution in [0.1, 0.15) is 48.8 Å². The third-order valence-electron chi connectivity index (χ3n) is 4.24. The quantitative estimate of drug-likeness (QED) is 0.934. The van der Waals surface area contributed by atoms with Gasteiger partial charge in [0.25, 0.3) is 0 Å². The van der Waals surface area contributed by atoms with Crippen molar-refractivity contribution in [2.24, 2.45) is 0 Å². The Morgan fingerprint density at radius 3 is 2.14 bits per heavy atom. The molecule has 1 N–H and O–H groups in total. The van der Waals surface area contributed by atoms with Gasteiger partial charge in [-0.25, -0.2) is 8.42 Å². The summed E-state index contributed by atoms with van der Waals surface area (Å²) in [5.41, 5.74) is 2.37. The zero-order valence-corrected chi connectivity index (χ0v) is 13.7. The van der Waals surface area contributed by atoms with Crippen LogP contribution in [-0.2, 0) is 16.6 Å². The van der Waals surface area contributed by atoms with E-state index in [-0.39, 0.29) is 6.61 Å². The van der Waals surface area contributed by atoms with Gasteiger partial charge in [-0.2, -0.15) is 4.31 Å². The highest BCUT2D eigenvalue weighted by Crippen LogP contribution is 2.25. The molecule has 0 saturated carbocycles. The number of nitrogens with zero attached hydrogens (tertiary/aromatic N) is 1. The highest BCUT2D eigenvalue weighted by atomic mass is 32.2. The molecule has 1 aliphatic rings. The molecule has 1 aromatic carbocycles. The summed E-state index contributed by atoms with van der Waals surface area (Å²) in [5, 5.41) is 9.38. The Hall–Kier alpha value is -0.910. The van der Waals surface area contributed by atoms with Crippen LogP contribution >= 0.6 is 0 Å². The maximum atomic E-state index is 12.9. The molecule has 0 aromatic heterocycles. The first-order valence-corrected chi connectivity index (χ1v) is 9.12. The van der Waals surface area contributed by atoms with E-state index in [9.17, 15) is 13.5 Å². The number of aliphatic hydroxyl groups excluding tert-OH is 1. The highest BCUT2D eigenvalue weighted by molar-refractivity contribution is 7.89. The van der Waals surface area contributed by atoms with Gasteiger partial charge in [0, 0.05) is 13.1 Å². The number of aryl methyl sites for hydroxylation is 2. The van der Waals surface area contributed by atoms with Gasteiger partial charge in [0.15, 0.2) is 0 Å². The number of hydrogen-bond donors (Lipinski definition) is 1. The van der Waals surface area contributed by atoms with Crippen LogP contribution in [0.4, 0.5) is 0 Å². The third-order valence-corrected chi connectivity index (χ3v) is 6.28. The molecule has 4 nitrogen and oxygen atoms in total. The van der Waals surface area contributed by atoms with E-state index in [0.29, 0.717) is 23.5 Å². The minimum absolute atomic E-state index is 0.130. The van der Waals surface area contributed by atoms with E-state index in [1.807, 2.05) is 19.9 Å². The average Bonchev–Trinajstić information content (AvgIpc) is 2.37. The van der Waals surface area contributed by atoms with Gasteiger partial charge in [-0.1, -0.05) is 25.3 Å². The summed E-state index contributed by atoms with van der Waals surface area (Å²) in [5.74, 6) is 0. The number of rotatable bonds is 3. The molecule has 0 amide bonds. The smallest absolute Gasteiger partial charge is 0.243 e. The van der Waals surface area contributed by atoms with Crippen LogP contribution in [0.25, 0.3) is 0 Å². The molecule has 0 radical (unpaired) electrons. The Balaban J connectivity index is 2.38. The van der Waals surface area contributed by atoms with Crippen LogP contribution in [0.15, 0.2) is 17.0 Å². The molecule has 1 heterocycles. The lowest BCUT2D eigenvalue weighted by atomic mass is 10.1. The van der Waals surface area contributed by atoms with E-state index in [2.05, 4.69) is 0 Å². The topological polar surface area (TPSA) is 57.6 Å². The second-order valence-corrected chi connectivity index (χ2v) is 7.78. The fourth-order valence-electron chi connectivity index (χ4n) is 2.92. The van der Waals surface area contributed by atoms with Gasteiger partial charge in [0.2, 0.25) is 10.0 Å². The lowest BCUT2D eigenvalue weighted by Crippen LogP contribution is -2.34. The number of benzene rings is 1.